The first-order chi connectivity index (χ1) is 6.57. The predicted molar refractivity (Wildman–Crippen MR) is 47.9 cm³/mol. The molecule has 0 unspecified atom stereocenters. The zero-order valence-corrected chi connectivity index (χ0v) is 7.55. The summed E-state index contributed by atoms with van der Waals surface area (Å²) in [7, 11) is 0. The van der Waals surface area contributed by atoms with Gasteiger partial charge in [0.2, 0.25) is 11.5 Å². The van der Waals surface area contributed by atoms with Crippen LogP contribution in [0.15, 0.2) is 16.5 Å². The molecule has 0 saturated heterocycles. The van der Waals surface area contributed by atoms with Gasteiger partial charge >= 0.3 is 5.97 Å². The maximum Gasteiger partial charge on any atom is 0.360 e. The Morgan fingerprint density at radius 3 is 2.57 bits per heavy atom. The third-order valence-corrected chi connectivity index (χ3v) is 2.26. The zero-order chi connectivity index (χ0) is 10.7. The van der Waals surface area contributed by atoms with Gasteiger partial charge in [0, 0.05) is 0 Å². The summed E-state index contributed by atoms with van der Waals surface area (Å²) in [5.74, 6) is 1.32. The minimum absolute atomic E-state index is 0.309. The van der Waals surface area contributed by atoms with Gasteiger partial charge in [-0.15, -0.1) is 11.3 Å². The van der Waals surface area contributed by atoms with E-state index in [0.717, 1.165) is 17.4 Å². The summed E-state index contributed by atoms with van der Waals surface area (Å²) in [5.41, 5.74) is -0.883. The highest BCUT2D eigenvalue weighted by atomic mass is 32.1. The van der Waals surface area contributed by atoms with Gasteiger partial charge in [-0.25, -0.2) is 9.18 Å². The molecule has 0 radical (unpaired) electrons. The van der Waals surface area contributed by atoms with Crippen LogP contribution in [0, 0.1) is 5.82 Å². The Hall–Kier alpha value is -1.76. The number of carbonyl (C=O) groups excluding carboxylic acids is 1. The molecule has 0 aliphatic carbocycles. The van der Waals surface area contributed by atoms with E-state index < -0.39 is 23.3 Å². The van der Waals surface area contributed by atoms with Gasteiger partial charge < -0.3 is 10.9 Å². The lowest BCUT2D eigenvalue weighted by molar-refractivity contribution is -0.129. The Balaban J connectivity index is 3.08. The largest absolute Gasteiger partial charge is 0.476 e. The maximum atomic E-state index is 12.9. The molecule has 0 aliphatic heterocycles. The maximum absolute atomic E-state index is 12.9. The van der Waals surface area contributed by atoms with E-state index >= 15 is 0 Å². The van der Waals surface area contributed by atoms with E-state index in [4.69, 9.17) is 10.9 Å². The van der Waals surface area contributed by atoms with Crippen LogP contribution in [0.4, 0.5) is 4.39 Å². The van der Waals surface area contributed by atoms with Gasteiger partial charge in [0.15, 0.2) is 0 Å². The molecule has 7 heteroatoms. The number of hydrogen-bond acceptors (Lipinski definition) is 5. The summed E-state index contributed by atoms with van der Waals surface area (Å²) in [6, 6.07) is 1.06. The molecule has 0 aliphatic rings. The van der Waals surface area contributed by atoms with Gasteiger partial charge in [-0.05, 0) is 11.4 Å². The quantitative estimate of drug-likeness (QED) is 0.252. The van der Waals surface area contributed by atoms with Crippen LogP contribution in [0.2, 0.25) is 0 Å². The second-order valence-corrected chi connectivity index (χ2v) is 3.13. The van der Waals surface area contributed by atoms with E-state index in [-0.39, 0.29) is 4.88 Å². The van der Waals surface area contributed by atoms with Gasteiger partial charge in [-0.1, -0.05) is 0 Å². The van der Waals surface area contributed by atoms with Crippen LogP contribution in [0.3, 0.4) is 0 Å². The molecule has 3 N–H and O–H groups in total. The van der Waals surface area contributed by atoms with Crippen molar-refractivity contribution in [3.05, 3.63) is 22.1 Å². The fourth-order valence-electron chi connectivity index (χ4n) is 0.774. The number of rotatable bonds is 3. The number of aliphatic carboxylic acids is 1. The topological polar surface area (TPSA) is 92.8 Å². The Morgan fingerprint density at radius 2 is 2.21 bits per heavy atom. The second-order valence-electron chi connectivity index (χ2n) is 2.21. The molecule has 1 rings (SSSR count). The first kappa shape index (κ1) is 10.3. The minimum atomic E-state index is -1.58. The summed E-state index contributed by atoms with van der Waals surface area (Å²) in [6.07, 6.45) is 0. The molecule has 0 aromatic carbocycles. The average molecular weight is 216 g/mol. The molecule has 14 heavy (non-hydrogen) atoms. The van der Waals surface area contributed by atoms with E-state index in [2.05, 4.69) is 5.10 Å². The molecule has 0 saturated carbocycles. The standard InChI is InChI=1S/C7H5FN2O3S/c8-3-1-2-14-6(3)5(11)4(10-9)7(12)13/h1-2H,9H2,(H,12,13). The molecule has 0 amide bonds. The Morgan fingerprint density at radius 1 is 1.57 bits per heavy atom. The van der Waals surface area contributed by atoms with E-state index in [0.29, 0.717) is 0 Å². The number of carboxylic acids is 1. The lowest BCUT2D eigenvalue weighted by Gasteiger charge is -1.95. The molecule has 0 bridgehead atoms. The van der Waals surface area contributed by atoms with Crippen molar-refractivity contribution in [2.45, 2.75) is 0 Å². The molecular formula is C7H5FN2O3S. The number of carbonyl (C=O) groups is 2. The molecule has 74 valence electrons. The normalized spacial score (nSPS) is 11.4. The average Bonchev–Trinajstić information content (AvgIpc) is 2.51. The molecule has 0 atom stereocenters. The van der Waals surface area contributed by atoms with Gasteiger partial charge in [-0.2, -0.15) is 5.10 Å². The summed E-state index contributed by atoms with van der Waals surface area (Å²) in [6.45, 7) is 0. The summed E-state index contributed by atoms with van der Waals surface area (Å²) >= 11 is 0.794. The number of nitrogens with two attached hydrogens (primary N) is 1. The summed E-state index contributed by atoms with van der Waals surface area (Å²) in [5, 5.41) is 12.6. The van der Waals surface area contributed by atoms with Crippen molar-refractivity contribution in [2.75, 3.05) is 0 Å². The first-order valence-corrected chi connectivity index (χ1v) is 4.24. The molecule has 1 heterocycles. The van der Waals surface area contributed by atoms with Crippen LogP contribution >= 0.6 is 11.3 Å². The highest BCUT2D eigenvalue weighted by molar-refractivity contribution is 7.13. The second kappa shape index (κ2) is 3.97. The first-order valence-electron chi connectivity index (χ1n) is 3.36. The van der Waals surface area contributed by atoms with E-state index in [1.54, 1.807) is 0 Å². The number of ketones is 1. The predicted octanol–water partition coefficient (Wildman–Crippen LogP) is 0.469. The zero-order valence-electron chi connectivity index (χ0n) is 6.73. The van der Waals surface area contributed by atoms with E-state index in [1.165, 1.54) is 5.38 Å². The summed E-state index contributed by atoms with van der Waals surface area (Å²) in [4.78, 5) is 21.4. The van der Waals surface area contributed by atoms with Crippen molar-refractivity contribution in [1.82, 2.24) is 0 Å². The molecular weight excluding hydrogens is 211 g/mol. The fraction of sp³-hybridized carbons (Fsp3) is 0. The number of halogens is 1. The number of hydrazone groups is 1. The van der Waals surface area contributed by atoms with Gasteiger partial charge in [-0.3, -0.25) is 4.79 Å². The number of nitrogens with zero attached hydrogens (tertiary/aromatic N) is 1. The molecule has 1 aromatic rings. The smallest absolute Gasteiger partial charge is 0.360 e. The Kier molecular flexibility index (Phi) is 2.92. The van der Waals surface area contributed by atoms with Crippen LogP contribution in [0.5, 0.6) is 0 Å². The van der Waals surface area contributed by atoms with Crippen molar-refractivity contribution >= 4 is 28.8 Å². The van der Waals surface area contributed by atoms with Crippen LogP contribution in [0.1, 0.15) is 9.67 Å². The molecule has 5 nitrogen and oxygen atoms in total. The number of hydrogen-bond donors (Lipinski definition) is 2. The third-order valence-electron chi connectivity index (χ3n) is 1.37. The van der Waals surface area contributed by atoms with Crippen molar-refractivity contribution in [3.8, 4) is 0 Å². The van der Waals surface area contributed by atoms with Crippen LogP contribution < -0.4 is 5.84 Å². The van der Waals surface area contributed by atoms with Crippen LogP contribution in [0.25, 0.3) is 0 Å². The highest BCUT2D eigenvalue weighted by Gasteiger charge is 2.24. The Labute approximate surface area is 81.7 Å². The lowest BCUT2D eigenvalue weighted by atomic mass is 10.2. The van der Waals surface area contributed by atoms with Crippen molar-refractivity contribution in [2.24, 2.45) is 10.9 Å². The molecule has 0 fully saturated rings. The van der Waals surface area contributed by atoms with Gasteiger partial charge in [0.25, 0.3) is 0 Å². The van der Waals surface area contributed by atoms with Crippen molar-refractivity contribution in [3.63, 3.8) is 0 Å². The van der Waals surface area contributed by atoms with Crippen molar-refractivity contribution in [1.29, 1.82) is 0 Å². The third kappa shape index (κ3) is 1.77. The minimum Gasteiger partial charge on any atom is -0.476 e. The van der Waals surface area contributed by atoms with Crippen LogP contribution in [-0.2, 0) is 4.79 Å². The Bertz CT molecular complexity index is 413. The number of carboxylic acid groups (broad SMARTS) is 1. The van der Waals surface area contributed by atoms with Gasteiger partial charge in [0.1, 0.15) is 10.7 Å². The monoisotopic (exact) mass is 216 g/mol. The number of thiophene rings is 1. The van der Waals surface area contributed by atoms with Crippen molar-refractivity contribution < 1.29 is 19.1 Å². The van der Waals surface area contributed by atoms with E-state index in [9.17, 15) is 14.0 Å². The van der Waals surface area contributed by atoms with E-state index in [1.807, 2.05) is 0 Å². The number of Topliss-reactive ketones (excluding diaryl/α,β-unsaturated/α-hetero) is 1. The SMILES string of the molecule is NN=C(C(=O)O)C(=O)c1sccc1F. The summed E-state index contributed by atoms with van der Waals surface area (Å²) < 4.78 is 12.9. The molecule has 0 spiro atoms. The van der Waals surface area contributed by atoms with Gasteiger partial charge in [0.05, 0.1) is 0 Å². The highest BCUT2D eigenvalue weighted by Crippen LogP contribution is 2.15. The van der Waals surface area contributed by atoms with Crippen LogP contribution in [-0.4, -0.2) is 22.6 Å². The fourth-order valence-corrected chi connectivity index (χ4v) is 1.48. The molecule has 1 aromatic heterocycles. The lowest BCUT2D eigenvalue weighted by Crippen LogP contribution is -2.25.